The molecule has 2 heterocycles. The molecule has 2 aliphatic heterocycles. The number of carbonyl (C=O) groups excluding carboxylic acids is 2. The van der Waals surface area contributed by atoms with Gasteiger partial charge in [-0.1, -0.05) is 12.8 Å². The van der Waals surface area contributed by atoms with Crippen molar-refractivity contribution in [3.8, 4) is 0 Å². The summed E-state index contributed by atoms with van der Waals surface area (Å²) >= 11 is 0. The van der Waals surface area contributed by atoms with E-state index in [0.717, 1.165) is 71.3 Å². The normalized spacial score (nSPS) is 29.1. The van der Waals surface area contributed by atoms with Crippen LogP contribution >= 0.6 is 0 Å². The highest BCUT2D eigenvalue weighted by Gasteiger charge is 2.39. The van der Waals surface area contributed by atoms with Gasteiger partial charge in [-0.05, 0) is 44.4 Å². The van der Waals surface area contributed by atoms with Crippen molar-refractivity contribution < 1.29 is 14.3 Å². The van der Waals surface area contributed by atoms with Crippen molar-refractivity contribution in [2.45, 2.75) is 63.5 Å². The van der Waals surface area contributed by atoms with Crippen LogP contribution in [-0.4, -0.2) is 73.1 Å². The summed E-state index contributed by atoms with van der Waals surface area (Å²) < 4.78 is 5.65. The Bertz CT molecular complexity index is 502. The second kappa shape index (κ2) is 8.26. The van der Waals surface area contributed by atoms with Gasteiger partial charge in [0.15, 0.2) is 0 Å². The van der Waals surface area contributed by atoms with E-state index in [0.29, 0.717) is 24.3 Å². The number of hydrogen-bond acceptors (Lipinski definition) is 4. The molecule has 2 atom stereocenters. The number of amides is 2. The van der Waals surface area contributed by atoms with Gasteiger partial charge in [0, 0.05) is 45.2 Å². The van der Waals surface area contributed by atoms with Crippen LogP contribution in [0.1, 0.15) is 51.4 Å². The van der Waals surface area contributed by atoms with Crippen LogP contribution in [0.4, 0.5) is 0 Å². The minimum absolute atomic E-state index is 0.0305. The van der Waals surface area contributed by atoms with E-state index in [1.54, 1.807) is 0 Å². The van der Waals surface area contributed by atoms with Gasteiger partial charge in [0.2, 0.25) is 11.8 Å². The van der Waals surface area contributed by atoms with Crippen molar-refractivity contribution in [3.63, 3.8) is 0 Å². The molecule has 2 amide bonds. The van der Waals surface area contributed by atoms with Gasteiger partial charge in [-0.2, -0.15) is 0 Å². The Morgan fingerprint density at radius 1 is 0.962 bits per heavy atom. The zero-order valence-electron chi connectivity index (χ0n) is 15.8. The first-order valence-corrected chi connectivity index (χ1v) is 10.6. The van der Waals surface area contributed by atoms with Crippen molar-refractivity contribution in [1.82, 2.24) is 15.1 Å². The molecule has 2 aliphatic carbocycles. The van der Waals surface area contributed by atoms with Crippen LogP contribution in [0.5, 0.6) is 0 Å². The van der Waals surface area contributed by atoms with Gasteiger partial charge in [0.05, 0.1) is 12.1 Å². The second-order valence-corrected chi connectivity index (χ2v) is 8.51. The smallest absolute Gasteiger partial charge is 0.237 e. The summed E-state index contributed by atoms with van der Waals surface area (Å²) in [6.45, 7) is 4.67. The topological polar surface area (TPSA) is 61.9 Å². The number of piperazine rings is 1. The summed E-state index contributed by atoms with van der Waals surface area (Å²) in [5.74, 6) is 1.27. The Kier molecular flexibility index (Phi) is 5.79. The number of rotatable bonds is 6. The minimum atomic E-state index is -0.0305. The zero-order valence-corrected chi connectivity index (χ0v) is 15.8. The number of hydrogen-bond donors (Lipinski definition) is 1. The number of ether oxygens (including phenoxy) is 1. The van der Waals surface area contributed by atoms with Crippen molar-refractivity contribution in [2.24, 2.45) is 11.8 Å². The summed E-state index contributed by atoms with van der Waals surface area (Å²) in [7, 11) is 0. The molecule has 1 N–H and O–H groups in total. The van der Waals surface area contributed by atoms with E-state index in [1.807, 2.05) is 4.90 Å². The Hall–Kier alpha value is -1.14. The number of carbonyl (C=O) groups is 2. The first-order valence-electron chi connectivity index (χ1n) is 10.6. The molecule has 0 aromatic heterocycles. The van der Waals surface area contributed by atoms with Gasteiger partial charge in [0.25, 0.3) is 0 Å². The second-order valence-electron chi connectivity index (χ2n) is 8.51. The van der Waals surface area contributed by atoms with E-state index in [-0.39, 0.29) is 18.1 Å². The Labute approximate surface area is 156 Å². The molecule has 4 aliphatic rings. The predicted octanol–water partition coefficient (Wildman–Crippen LogP) is 1.39. The van der Waals surface area contributed by atoms with E-state index in [4.69, 9.17) is 4.74 Å². The van der Waals surface area contributed by atoms with Crippen LogP contribution in [-0.2, 0) is 14.3 Å². The van der Waals surface area contributed by atoms with E-state index < -0.39 is 0 Å². The first kappa shape index (κ1) is 18.2. The van der Waals surface area contributed by atoms with Gasteiger partial charge >= 0.3 is 0 Å². The lowest BCUT2D eigenvalue weighted by molar-refractivity contribution is -0.136. The highest BCUT2D eigenvalue weighted by Crippen LogP contribution is 2.33. The van der Waals surface area contributed by atoms with Crippen LogP contribution < -0.4 is 5.32 Å². The molecule has 4 rings (SSSR count). The quantitative estimate of drug-likeness (QED) is 0.775. The zero-order chi connectivity index (χ0) is 17.9. The van der Waals surface area contributed by atoms with Crippen LogP contribution in [0.25, 0.3) is 0 Å². The SMILES string of the molecule is O=C(NC[C@H]1CCCO1)[C@@H](C1CCCC1)N1CCN(C(=O)C2CC2)CC1. The Morgan fingerprint density at radius 2 is 1.69 bits per heavy atom. The summed E-state index contributed by atoms with van der Waals surface area (Å²) in [6.07, 6.45) is 9.25. The monoisotopic (exact) mass is 363 g/mol. The Morgan fingerprint density at radius 3 is 2.31 bits per heavy atom. The highest BCUT2D eigenvalue weighted by molar-refractivity contribution is 5.83. The predicted molar refractivity (Wildman–Crippen MR) is 98.6 cm³/mol. The molecule has 0 radical (unpaired) electrons. The van der Waals surface area contributed by atoms with Crippen LogP contribution in [0.3, 0.4) is 0 Å². The summed E-state index contributed by atoms with van der Waals surface area (Å²) in [5, 5.41) is 3.17. The fourth-order valence-corrected chi connectivity index (χ4v) is 4.88. The minimum Gasteiger partial charge on any atom is -0.376 e. The van der Waals surface area contributed by atoms with Crippen LogP contribution in [0, 0.1) is 11.8 Å². The number of nitrogens with zero attached hydrogens (tertiary/aromatic N) is 2. The molecule has 2 saturated heterocycles. The average Bonchev–Trinajstić information content (AvgIpc) is 3.14. The lowest BCUT2D eigenvalue weighted by atomic mass is 9.95. The molecule has 4 fully saturated rings. The van der Waals surface area contributed by atoms with E-state index in [1.165, 1.54) is 12.8 Å². The van der Waals surface area contributed by atoms with E-state index in [9.17, 15) is 9.59 Å². The van der Waals surface area contributed by atoms with Gasteiger partial charge in [-0.25, -0.2) is 0 Å². The lowest BCUT2D eigenvalue weighted by Crippen LogP contribution is -2.58. The highest BCUT2D eigenvalue weighted by atomic mass is 16.5. The molecule has 0 aromatic rings. The summed E-state index contributed by atoms with van der Waals surface area (Å²) in [4.78, 5) is 29.7. The van der Waals surface area contributed by atoms with E-state index in [2.05, 4.69) is 10.2 Å². The largest absolute Gasteiger partial charge is 0.376 e. The maximum absolute atomic E-state index is 13.0. The molecular weight excluding hydrogens is 330 g/mol. The fraction of sp³-hybridized carbons (Fsp3) is 0.900. The summed E-state index contributed by atoms with van der Waals surface area (Å²) in [5.41, 5.74) is 0. The molecule has 0 spiro atoms. The maximum atomic E-state index is 13.0. The van der Waals surface area contributed by atoms with Crippen molar-refractivity contribution in [3.05, 3.63) is 0 Å². The maximum Gasteiger partial charge on any atom is 0.237 e. The molecule has 0 unspecified atom stereocenters. The molecule has 6 nitrogen and oxygen atoms in total. The lowest BCUT2D eigenvalue weighted by Gasteiger charge is -2.41. The third-order valence-corrected chi connectivity index (χ3v) is 6.59. The standard InChI is InChI=1S/C20H33N3O3/c24-19(21-14-17-6-3-13-26-17)18(15-4-1-2-5-15)22-9-11-23(12-10-22)20(25)16-7-8-16/h15-18H,1-14H2,(H,21,24)/t17-,18-/m1/s1. The first-order chi connectivity index (χ1) is 12.7. The molecule has 2 saturated carbocycles. The molecule has 0 aromatic carbocycles. The molecule has 0 bridgehead atoms. The molecule has 6 heteroatoms. The van der Waals surface area contributed by atoms with Gasteiger partial charge in [-0.15, -0.1) is 0 Å². The molecular formula is C20H33N3O3. The molecule has 146 valence electrons. The van der Waals surface area contributed by atoms with Gasteiger partial charge < -0.3 is 15.0 Å². The van der Waals surface area contributed by atoms with Gasteiger partial charge in [-0.3, -0.25) is 14.5 Å². The van der Waals surface area contributed by atoms with Crippen molar-refractivity contribution in [1.29, 1.82) is 0 Å². The fourth-order valence-electron chi connectivity index (χ4n) is 4.88. The average molecular weight is 364 g/mol. The molecule has 26 heavy (non-hydrogen) atoms. The van der Waals surface area contributed by atoms with Crippen molar-refractivity contribution in [2.75, 3.05) is 39.3 Å². The van der Waals surface area contributed by atoms with Crippen LogP contribution in [0.2, 0.25) is 0 Å². The summed E-state index contributed by atoms with van der Waals surface area (Å²) in [6, 6.07) is -0.0305. The van der Waals surface area contributed by atoms with Crippen LogP contribution in [0.15, 0.2) is 0 Å². The van der Waals surface area contributed by atoms with E-state index >= 15 is 0 Å². The Balaban J connectivity index is 1.33. The van der Waals surface area contributed by atoms with Crippen molar-refractivity contribution >= 4 is 11.8 Å². The van der Waals surface area contributed by atoms with Gasteiger partial charge in [0.1, 0.15) is 0 Å². The third kappa shape index (κ3) is 4.22. The number of nitrogens with one attached hydrogen (secondary N) is 1. The third-order valence-electron chi connectivity index (χ3n) is 6.59.